The van der Waals surface area contributed by atoms with E-state index in [4.69, 9.17) is 18.0 Å². The highest BCUT2D eigenvalue weighted by Crippen LogP contribution is 2.42. The molecule has 1 aromatic rings. The second-order valence-electron chi connectivity index (χ2n) is 4.70. The van der Waals surface area contributed by atoms with Gasteiger partial charge >= 0.3 is 0 Å². The molecule has 0 aromatic heterocycles. The van der Waals surface area contributed by atoms with Crippen LogP contribution in [0.3, 0.4) is 0 Å². The van der Waals surface area contributed by atoms with Crippen LogP contribution in [0.25, 0.3) is 0 Å². The molecular formula is C12H9F5N2OS. The molecule has 9 heteroatoms. The molecule has 114 valence electrons. The number of carbonyl (C=O) groups is 1. The first-order chi connectivity index (χ1) is 9.72. The lowest BCUT2D eigenvalue weighted by atomic mass is 9.68. The lowest BCUT2D eigenvalue weighted by molar-refractivity contribution is -0.125. The van der Waals surface area contributed by atoms with Gasteiger partial charge in [0.15, 0.2) is 23.3 Å². The van der Waals surface area contributed by atoms with E-state index in [1.807, 2.05) is 0 Å². The number of carbonyl (C=O) groups excluding carboxylic acids is 1. The third-order valence-corrected chi connectivity index (χ3v) is 3.95. The summed E-state index contributed by atoms with van der Waals surface area (Å²) in [7, 11) is 0. The van der Waals surface area contributed by atoms with Gasteiger partial charge < -0.3 is 11.1 Å². The SMILES string of the molecule is NC(=S)C1(C(=O)Nc2c(F)c(F)c(F)c(F)c2F)CCC1. The lowest BCUT2D eigenvalue weighted by Crippen LogP contribution is -2.50. The zero-order valence-corrected chi connectivity index (χ0v) is 11.2. The van der Waals surface area contributed by atoms with E-state index in [1.165, 1.54) is 0 Å². The molecule has 2 rings (SSSR count). The monoisotopic (exact) mass is 324 g/mol. The molecular weight excluding hydrogens is 315 g/mol. The number of rotatable bonds is 3. The van der Waals surface area contributed by atoms with Crippen LogP contribution in [0.1, 0.15) is 19.3 Å². The second-order valence-corrected chi connectivity index (χ2v) is 5.14. The highest BCUT2D eigenvalue weighted by Gasteiger charge is 2.47. The van der Waals surface area contributed by atoms with Gasteiger partial charge in [0.05, 0.1) is 10.4 Å². The quantitative estimate of drug-likeness (QED) is 0.389. The number of nitrogens with two attached hydrogens (primary N) is 1. The minimum atomic E-state index is -2.30. The summed E-state index contributed by atoms with van der Waals surface area (Å²) in [4.78, 5) is 11.8. The average molecular weight is 324 g/mol. The normalized spacial score (nSPS) is 16.2. The molecule has 0 bridgehead atoms. The smallest absolute Gasteiger partial charge is 0.237 e. The summed E-state index contributed by atoms with van der Waals surface area (Å²) >= 11 is 4.73. The fourth-order valence-electron chi connectivity index (χ4n) is 2.06. The topological polar surface area (TPSA) is 55.1 Å². The first-order valence-electron chi connectivity index (χ1n) is 5.85. The number of nitrogens with one attached hydrogen (secondary N) is 1. The molecule has 0 radical (unpaired) electrons. The van der Waals surface area contributed by atoms with E-state index >= 15 is 0 Å². The van der Waals surface area contributed by atoms with Gasteiger partial charge in [-0.3, -0.25) is 4.79 Å². The Hall–Kier alpha value is -1.77. The Bertz CT molecular complexity index is 616. The van der Waals surface area contributed by atoms with Crippen LogP contribution in [0.15, 0.2) is 0 Å². The van der Waals surface area contributed by atoms with Gasteiger partial charge in [-0.2, -0.15) is 0 Å². The van der Waals surface area contributed by atoms with Gasteiger partial charge in [-0.15, -0.1) is 0 Å². The Labute approximate surface area is 121 Å². The Morgan fingerprint density at radius 1 is 1.00 bits per heavy atom. The van der Waals surface area contributed by atoms with Crippen molar-refractivity contribution in [2.45, 2.75) is 19.3 Å². The Morgan fingerprint density at radius 3 is 1.76 bits per heavy atom. The van der Waals surface area contributed by atoms with Crippen molar-refractivity contribution in [2.24, 2.45) is 11.1 Å². The van der Waals surface area contributed by atoms with Crippen LogP contribution in [0, 0.1) is 34.5 Å². The summed E-state index contributed by atoms with van der Waals surface area (Å²) in [5.41, 5.74) is 2.71. The maximum atomic E-state index is 13.5. The number of hydrogen-bond donors (Lipinski definition) is 2. The van der Waals surface area contributed by atoms with Crippen LogP contribution in [-0.4, -0.2) is 10.9 Å². The van der Waals surface area contributed by atoms with E-state index < -0.39 is 46.1 Å². The second kappa shape index (κ2) is 5.21. The molecule has 0 heterocycles. The minimum absolute atomic E-state index is 0.185. The van der Waals surface area contributed by atoms with Crippen molar-refractivity contribution in [2.75, 3.05) is 5.32 Å². The number of benzene rings is 1. The van der Waals surface area contributed by atoms with Gasteiger partial charge in [-0.25, -0.2) is 22.0 Å². The van der Waals surface area contributed by atoms with Crippen molar-refractivity contribution in [1.29, 1.82) is 0 Å². The third-order valence-electron chi connectivity index (χ3n) is 3.56. The summed E-state index contributed by atoms with van der Waals surface area (Å²) in [6, 6.07) is 0. The van der Waals surface area contributed by atoms with Crippen LogP contribution in [0.4, 0.5) is 27.6 Å². The van der Waals surface area contributed by atoms with Gasteiger partial charge in [0, 0.05) is 0 Å². The number of thiocarbonyl (C=S) groups is 1. The zero-order chi connectivity index (χ0) is 15.9. The van der Waals surface area contributed by atoms with Gasteiger partial charge in [-0.1, -0.05) is 18.6 Å². The maximum Gasteiger partial charge on any atom is 0.237 e. The maximum absolute atomic E-state index is 13.5. The van der Waals surface area contributed by atoms with Crippen molar-refractivity contribution in [1.82, 2.24) is 0 Å². The van der Waals surface area contributed by atoms with E-state index in [1.54, 1.807) is 5.32 Å². The molecule has 0 aliphatic heterocycles. The standard InChI is InChI=1S/C12H9F5N2OS/c13-4-5(14)7(16)9(8(17)6(4)15)19-11(20)12(10(18)21)2-1-3-12/h1-3H2,(H2,18,21)(H,19,20). The third kappa shape index (κ3) is 2.25. The van der Waals surface area contributed by atoms with E-state index in [-0.39, 0.29) is 17.8 Å². The summed E-state index contributed by atoms with van der Waals surface area (Å²) in [6.07, 6.45) is 1.12. The molecule has 0 atom stereocenters. The Morgan fingerprint density at radius 2 is 1.43 bits per heavy atom. The molecule has 1 saturated carbocycles. The van der Waals surface area contributed by atoms with E-state index in [9.17, 15) is 26.7 Å². The van der Waals surface area contributed by atoms with Crippen molar-refractivity contribution < 1.29 is 26.7 Å². The number of amides is 1. The predicted molar refractivity (Wildman–Crippen MR) is 67.9 cm³/mol. The van der Waals surface area contributed by atoms with Crippen molar-refractivity contribution in [3.63, 3.8) is 0 Å². The van der Waals surface area contributed by atoms with E-state index in [0.29, 0.717) is 6.42 Å². The average Bonchev–Trinajstić information content (AvgIpc) is 2.37. The minimum Gasteiger partial charge on any atom is -0.392 e. The number of anilines is 1. The molecule has 0 saturated heterocycles. The highest BCUT2D eigenvalue weighted by molar-refractivity contribution is 7.80. The summed E-state index contributed by atoms with van der Waals surface area (Å²) in [5, 5.41) is 1.71. The predicted octanol–water partition coefficient (Wildman–Crippen LogP) is 2.78. The molecule has 1 aromatic carbocycles. The molecule has 0 unspecified atom stereocenters. The molecule has 1 aliphatic carbocycles. The molecule has 1 amide bonds. The molecule has 1 aliphatic rings. The van der Waals surface area contributed by atoms with Gasteiger partial charge in [0.2, 0.25) is 11.7 Å². The molecule has 3 N–H and O–H groups in total. The van der Waals surface area contributed by atoms with Crippen molar-refractivity contribution in [3.8, 4) is 0 Å². The molecule has 1 fully saturated rings. The first-order valence-corrected chi connectivity index (χ1v) is 6.26. The summed E-state index contributed by atoms with van der Waals surface area (Å²) < 4.78 is 65.9. The van der Waals surface area contributed by atoms with Crippen LogP contribution >= 0.6 is 12.2 Å². The van der Waals surface area contributed by atoms with Crippen LogP contribution < -0.4 is 11.1 Å². The van der Waals surface area contributed by atoms with Crippen molar-refractivity contribution >= 4 is 28.8 Å². The fraction of sp³-hybridized carbons (Fsp3) is 0.333. The van der Waals surface area contributed by atoms with Crippen molar-refractivity contribution in [3.05, 3.63) is 29.1 Å². The molecule has 21 heavy (non-hydrogen) atoms. The largest absolute Gasteiger partial charge is 0.392 e. The zero-order valence-electron chi connectivity index (χ0n) is 10.4. The lowest BCUT2D eigenvalue weighted by Gasteiger charge is -2.39. The highest BCUT2D eigenvalue weighted by atomic mass is 32.1. The first kappa shape index (κ1) is 15.6. The molecule has 0 spiro atoms. The van der Waals surface area contributed by atoms with E-state index in [2.05, 4.69) is 0 Å². The van der Waals surface area contributed by atoms with Gasteiger partial charge in [0.1, 0.15) is 5.69 Å². The van der Waals surface area contributed by atoms with E-state index in [0.717, 1.165) is 0 Å². The molecule has 3 nitrogen and oxygen atoms in total. The number of halogens is 5. The Balaban J connectivity index is 2.41. The Kier molecular flexibility index (Phi) is 3.87. The fourth-order valence-corrected chi connectivity index (χ4v) is 2.36. The van der Waals surface area contributed by atoms with Crippen LogP contribution in [-0.2, 0) is 4.79 Å². The summed E-state index contributed by atoms with van der Waals surface area (Å²) in [5.74, 6) is -11.8. The summed E-state index contributed by atoms with van der Waals surface area (Å²) in [6.45, 7) is 0. The van der Waals surface area contributed by atoms with Crippen LogP contribution in [0.2, 0.25) is 0 Å². The van der Waals surface area contributed by atoms with Crippen LogP contribution in [0.5, 0.6) is 0 Å². The van der Waals surface area contributed by atoms with Gasteiger partial charge in [-0.05, 0) is 12.8 Å². The van der Waals surface area contributed by atoms with Gasteiger partial charge in [0.25, 0.3) is 0 Å². The number of hydrogen-bond acceptors (Lipinski definition) is 2.